The van der Waals surface area contributed by atoms with Crippen molar-refractivity contribution in [3.05, 3.63) is 11.9 Å². The largest absolute Gasteiger partial charge is 0.459 e. The van der Waals surface area contributed by atoms with Gasteiger partial charge in [0.15, 0.2) is 24.5 Å². The van der Waals surface area contributed by atoms with E-state index in [1.165, 1.54) is 38.6 Å². The Morgan fingerprint density at radius 3 is 2.18 bits per heavy atom. The van der Waals surface area contributed by atoms with Gasteiger partial charge in [-0.05, 0) is 0 Å². The second-order valence-corrected chi connectivity index (χ2v) is 5.99. The summed E-state index contributed by atoms with van der Waals surface area (Å²) < 4.78 is 27.4. The van der Waals surface area contributed by atoms with E-state index in [-0.39, 0.29) is 13.2 Å². The number of aromatic nitrogens is 3. The lowest BCUT2D eigenvalue weighted by atomic mass is 10.0. The molecule has 0 spiro atoms. The van der Waals surface area contributed by atoms with Crippen molar-refractivity contribution in [2.45, 2.75) is 58.8 Å². The van der Waals surface area contributed by atoms with E-state index in [1.807, 2.05) is 0 Å². The fourth-order valence-corrected chi connectivity index (χ4v) is 2.63. The van der Waals surface area contributed by atoms with Crippen LogP contribution in [-0.4, -0.2) is 63.8 Å². The molecule has 12 nitrogen and oxygen atoms in total. The van der Waals surface area contributed by atoms with Gasteiger partial charge in [-0.1, -0.05) is 5.21 Å². The zero-order valence-electron chi connectivity index (χ0n) is 15.8. The number of carbonyl (C=O) groups is 4. The van der Waals surface area contributed by atoms with Crippen LogP contribution >= 0.6 is 0 Å². The van der Waals surface area contributed by atoms with Crippen molar-refractivity contribution in [2.24, 2.45) is 0 Å². The van der Waals surface area contributed by atoms with Crippen LogP contribution in [-0.2, 0) is 49.5 Å². The maximum atomic E-state index is 11.6. The molecule has 2 rings (SSSR count). The van der Waals surface area contributed by atoms with Crippen molar-refractivity contribution >= 4 is 23.9 Å². The number of esters is 4. The molecule has 0 aliphatic carbocycles. The monoisotopic (exact) mass is 399 g/mol. The highest BCUT2D eigenvalue weighted by Gasteiger charge is 2.48. The highest BCUT2D eigenvalue weighted by Crippen LogP contribution is 2.30. The van der Waals surface area contributed by atoms with Crippen LogP contribution in [0.1, 0.15) is 39.6 Å². The summed E-state index contributed by atoms with van der Waals surface area (Å²) in [5, 5.41) is 7.74. The first kappa shape index (κ1) is 21.3. The average Bonchev–Trinajstić information content (AvgIpc) is 3.03. The molecule has 1 aliphatic rings. The maximum Gasteiger partial charge on any atom is 0.303 e. The fourth-order valence-electron chi connectivity index (χ4n) is 2.63. The second kappa shape index (κ2) is 9.26. The number of nitrogens with zero attached hydrogens (tertiary/aromatic N) is 3. The van der Waals surface area contributed by atoms with E-state index in [1.54, 1.807) is 0 Å². The Morgan fingerprint density at radius 1 is 1.00 bits per heavy atom. The number of hydrogen-bond acceptors (Lipinski definition) is 11. The number of carbonyl (C=O) groups excluding carboxylic acids is 4. The van der Waals surface area contributed by atoms with E-state index in [0.717, 1.165) is 0 Å². The van der Waals surface area contributed by atoms with Crippen LogP contribution in [0.5, 0.6) is 0 Å². The van der Waals surface area contributed by atoms with Gasteiger partial charge in [0, 0.05) is 27.7 Å². The molecule has 154 valence electrons. The highest BCUT2D eigenvalue weighted by molar-refractivity contribution is 5.68. The average molecular weight is 399 g/mol. The third-order valence-corrected chi connectivity index (χ3v) is 3.57. The molecular formula is C16H21N3O9. The molecule has 1 aromatic rings. The molecule has 0 radical (unpaired) electrons. The first-order valence-electron chi connectivity index (χ1n) is 8.34. The van der Waals surface area contributed by atoms with Crippen LogP contribution in [0.15, 0.2) is 6.20 Å². The minimum atomic E-state index is -1.16. The molecule has 0 unspecified atom stereocenters. The van der Waals surface area contributed by atoms with Gasteiger partial charge in [0.2, 0.25) is 0 Å². The van der Waals surface area contributed by atoms with Gasteiger partial charge in [-0.2, -0.15) is 0 Å². The van der Waals surface area contributed by atoms with E-state index in [2.05, 4.69) is 10.3 Å². The van der Waals surface area contributed by atoms with Crippen molar-refractivity contribution in [2.75, 3.05) is 6.61 Å². The third kappa shape index (κ3) is 5.74. The molecule has 4 atom stereocenters. The summed E-state index contributed by atoms with van der Waals surface area (Å²) in [5.41, 5.74) is 0.325. The molecule has 0 aromatic carbocycles. The molecule has 2 heterocycles. The zero-order chi connectivity index (χ0) is 20.8. The van der Waals surface area contributed by atoms with Gasteiger partial charge in [0.05, 0.1) is 12.8 Å². The number of hydrogen-bond donors (Lipinski definition) is 0. The molecule has 1 saturated heterocycles. The standard InChI is InChI=1S/C16H21N3O9/c1-8(20)24-6-12-5-19(18-17-12)16-15(28-11(4)23)14(27-10(3)22)13(7-25-16)26-9(2)21/h5,13-16H,6-7H2,1-4H3/t13-,14-,15+,16+/m0/s1. The molecule has 12 heteroatoms. The van der Waals surface area contributed by atoms with Crippen molar-refractivity contribution in [1.82, 2.24) is 15.0 Å². The first-order chi connectivity index (χ1) is 13.2. The highest BCUT2D eigenvalue weighted by atomic mass is 16.6. The molecule has 0 amide bonds. The van der Waals surface area contributed by atoms with Crippen molar-refractivity contribution in [3.63, 3.8) is 0 Å². The summed E-state index contributed by atoms with van der Waals surface area (Å²) in [6.45, 7) is 4.54. The fraction of sp³-hybridized carbons (Fsp3) is 0.625. The Kier molecular flexibility index (Phi) is 7.04. The topological polar surface area (TPSA) is 145 Å². The minimum absolute atomic E-state index is 0.107. The van der Waals surface area contributed by atoms with E-state index in [4.69, 9.17) is 23.7 Å². The van der Waals surface area contributed by atoms with E-state index in [0.29, 0.717) is 5.69 Å². The first-order valence-corrected chi connectivity index (χ1v) is 8.34. The van der Waals surface area contributed by atoms with E-state index >= 15 is 0 Å². The van der Waals surface area contributed by atoms with Crippen LogP contribution in [0.4, 0.5) is 0 Å². The molecule has 28 heavy (non-hydrogen) atoms. The minimum Gasteiger partial charge on any atom is -0.459 e. The van der Waals surface area contributed by atoms with Gasteiger partial charge in [-0.3, -0.25) is 19.2 Å². The van der Waals surface area contributed by atoms with Crippen LogP contribution < -0.4 is 0 Å². The van der Waals surface area contributed by atoms with Crippen molar-refractivity contribution in [1.29, 1.82) is 0 Å². The van der Waals surface area contributed by atoms with Gasteiger partial charge < -0.3 is 23.7 Å². The van der Waals surface area contributed by atoms with Crippen molar-refractivity contribution < 1.29 is 42.9 Å². The normalized spacial score (nSPS) is 24.1. The van der Waals surface area contributed by atoms with Gasteiger partial charge in [0.1, 0.15) is 12.3 Å². The van der Waals surface area contributed by atoms with E-state index < -0.39 is 48.4 Å². The Hall–Kier alpha value is -3.02. The summed E-state index contributed by atoms with van der Waals surface area (Å²) in [7, 11) is 0. The van der Waals surface area contributed by atoms with Gasteiger partial charge in [0.25, 0.3) is 0 Å². The third-order valence-electron chi connectivity index (χ3n) is 3.57. The van der Waals surface area contributed by atoms with Gasteiger partial charge in [-0.15, -0.1) is 5.10 Å². The Bertz CT molecular complexity index is 747. The summed E-state index contributed by atoms with van der Waals surface area (Å²) in [6, 6.07) is 0. The summed E-state index contributed by atoms with van der Waals surface area (Å²) in [5.74, 6) is -2.43. The predicted octanol–water partition coefficient (Wildman–Crippen LogP) is -0.335. The van der Waals surface area contributed by atoms with Crippen LogP contribution in [0.25, 0.3) is 0 Å². The lowest BCUT2D eigenvalue weighted by Crippen LogP contribution is -2.55. The summed E-state index contributed by atoms with van der Waals surface area (Å²) in [4.78, 5) is 45.4. The Balaban J connectivity index is 2.29. The van der Waals surface area contributed by atoms with Crippen LogP contribution in [0.3, 0.4) is 0 Å². The molecule has 0 bridgehead atoms. The molecule has 1 aliphatic heterocycles. The smallest absolute Gasteiger partial charge is 0.303 e. The maximum absolute atomic E-state index is 11.6. The SMILES string of the molecule is CC(=O)OCc1cn([C@@H]2OC[C@H](OC(C)=O)[C@H](OC(C)=O)[C@H]2OC(C)=O)nn1. The Morgan fingerprint density at radius 2 is 1.61 bits per heavy atom. The Labute approximate surface area is 160 Å². The molecule has 1 aromatic heterocycles. The molecule has 1 fully saturated rings. The van der Waals surface area contributed by atoms with Crippen molar-refractivity contribution in [3.8, 4) is 0 Å². The second-order valence-electron chi connectivity index (χ2n) is 5.99. The van der Waals surface area contributed by atoms with Gasteiger partial charge >= 0.3 is 23.9 Å². The molecule has 0 saturated carbocycles. The van der Waals surface area contributed by atoms with Gasteiger partial charge in [-0.25, -0.2) is 4.68 Å². The quantitative estimate of drug-likeness (QED) is 0.457. The molecular weight excluding hydrogens is 378 g/mol. The van der Waals surface area contributed by atoms with E-state index in [9.17, 15) is 19.2 Å². The number of ether oxygens (including phenoxy) is 5. The molecule has 0 N–H and O–H groups in total. The predicted molar refractivity (Wildman–Crippen MR) is 87.1 cm³/mol. The summed E-state index contributed by atoms with van der Waals surface area (Å²) in [6.07, 6.45) is -2.85. The summed E-state index contributed by atoms with van der Waals surface area (Å²) >= 11 is 0. The number of rotatable bonds is 6. The lowest BCUT2D eigenvalue weighted by Gasteiger charge is -2.40. The lowest BCUT2D eigenvalue weighted by molar-refractivity contribution is -0.241. The zero-order valence-corrected chi connectivity index (χ0v) is 15.8. The van der Waals surface area contributed by atoms with Crippen LogP contribution in [0.2, 0.25) is 0 Å². The van der Waals surface area contributed by atoms with Crippen LogP contribution in [0, 0.1) is 0 Å².